The zero-order chi connectivity index (χ0) is 25.9. The normalized spacial score (nSPS) is 14.1. The zero-order valence-electron chi connectivity index (χ0n) is 20.3. The molecule has 0 atom stereocenters. The lowest BCUT2D eigenvalue weighted by atomic mass is 10.0. The Morgan fingerprint density at radius 1 is 1.05 bits per heavy atom. The molecule has 0 aliphatic carbocycles. The maximum absolute atomic E-state index is 13.0. The summed E-state index contributed by atoms with van der Waals surface area (Å²) < 4.78 is 1.65. The van der Waals surface area contributed by atoms with Gasteiger partial charge < -0.3 is 19.9 Å². The average Bonchev–Trinajstić information content (AvgIpc) is 3.30. The van der Waals surface area contributed by atoms with Crippen molar-refractivity contribution in [2.24, 2.45) is 0 Å². The maximum Gasteiger partial charge on any atom is 0.363 e. The molecule has 0 radical (unpaired) electrons. The summed E-state index contributed by atoms with van der Waals surface area (Å²) in [5.41, 5.74) is 2.96. The third-order valence-electron chi connectivity index (χ3n) is 6.40. The molecule has 3 aromatic heterocycles. The highest BCUT2D eigenvalue weighted by Crippen LogP contribution is 2.20. The van der Waals surface area contributed by atoms with Crippen molar-refractivity contribution in [1.29, 1.82) is 0 Å². The van der Waals surface area contributed by atoms with E-state index in [4.69, 9.17) is 0 Å². The van der Waals surface area contributed by atoms with Crippen LogP contribution in [0.5, 0.6) is 0 Å². The van der Waals surface area contributed by atoms with Crippen LogP contribution in [0.3, 0.4) is 0 Å². The number of likely N-dealkylation sites (N-methyl/N-ethyl adjacent to an activating group) is 1. The van der Waals surface area contributed by atoms with Gasteiger partial charge in [0.1, 0.15) is 18.4 Å². The van der Waals surface area contributed by atoms with Crippen LogP contribution in [-0.4, -0.2) is 79.4 Å². The average molecular weight is 500 g/mol. The van der Waals surface area contributed by atoms with Crippen LogP contribution in [-0.2, 0) is 17.8 Å². The summed E-state index contributed by atoms with van der Waals surface area (Å²) in [4.78, 5) is 48.2. The van der Waals surface area contributed by atoms with E-state index in [0.717, 1.165) is 42.6 Å². The molecular formula is C26H25N7O4. The zero-order valence-corrected chi connectivity index (χ0v) is 20.3. The number of nitrogens with zero attached hydrogens (tertiary/aromatic N) is 7. The van der Waals surface area contributed by atoms with Crippen molar-refractivity contribution in [2.45, 2.75) is 13.0 Å². The fourth-order valence-corrected chi connectivity index (χ4v) is 4.28. The first kappa shape index (κ1) is 24.2. The van der Waals surface area contributed by atoms with E-state index in [0.29, 0.717) is 17.0 Å². The standard InChI is InChI=1S/C26H25N7O4/c1-30-9-11-31(12-10-30)26(35)17-32-16-20-13-18(5-7-22(20)29-32)14-24(34)23-4-2-3-21(28-23)19-6-8-25(27-15-19)33(36)37/h2-8,13,15-16H,9-12,14,17H2,1H3. The third kappa shape index (κ3) is 5.51. The van der Waals surface area contributed by atoms with E-state index in [2.05, 4.69) is 20.0 Å². The summed E-state index contributed by atoms with van der Waals surface area (Å²) in [6.07, 6.45) is 3.35. The van der Waals surface area contributed by atoms with Crippen molar-refractivity contribution in [2.75, 3.05) is 33.2 Å². The van der Waals surface area contributed by atoms with Gasteiger partial charge in [0.2, 0.25) is 5.91 Å². The van der Waals surface area contributed by atoms with Gasteiger partial charge in [-0.15, -0.1) is 0 Å². The van der Waals surface area contributed by atoms with Gasteiger partial charge in [0, 0.05) is 55.8 Å². The number of fused-ring (bicyclic) bond motifs is 1. The van der Waals surface area contributed by atoms with Crippen LogP contribution in [0.2, 0.25) is 0 Å². The molecule has 0 bridgehead atoms. The molecule has 0 N–H and O–H groups in total. The van der Waals surface area contributed by atoms with Crippen LogP contribution in [0.4, 0.5) is 5.82 Å². The second kappa shape index (κ2) is 10.2. The van der Waals surface area contributed by atoms with Crippen LogP contribution in [0.15, 0.2) is 60.9 Å². The Morgan fingerprint density at radius 3 is 2.59 bits per heavy atom. The lowest BCUT2D eigenvalue weighted by Crippen LogP contribution is -2.48. The number of carbonyl (C=O) groups is 2. The summed E-state index contributed by atoms with van der Waals surface area (Å²) in [6.45, 7) is 3.36. The molecule has 1 aromatic carbocycles. The number of amides is 1. The molecule has 11 heteroatoms. The molecule has 1 saturated heterocycles. The lowest BCUT2D eigenvalue weighted by Gasteiger charge is -2.32. The van der Waals surface area contributed by atoms with Gasteiger partial charge in [0.05, 0.1) is 11.2 Å². The highest BCUT2D eigenvalue weighted by Gasteiger charge is 2.20. The number of Topliss-reactive ketones (excluding diaryl/α,β-unsaturated/α-hetero) is 1. The Morgan fingerprint density at radius 2 is 1.86 bits per heavy atom. The number of carbonyl (C=O) groups excluding carboxylic acids is 2. The number of hydrogen-bond acceptors (Lipinski definition) is 8. The minimum Gasteiger partial charge on any atom is -0.358 e. The van der Waals surface area contributed by atoms with Gasteiger partial charge in [-0.05, 0) is 52.9 Å². The van der Waals surface area contributed by atoms with E-state index in [1.54, 1.807) is 28.9 Å². The van der Waals surface area contributed by atoms with Crippen LogP contribution >= 0.6 is 0 Å². The summed E-state index contributed by atoms with van der Waals surface area (Å²) in [5.74, 6) is -0.363. The van der Waals surface area contributed by atoms with Crippen molar-refractivity contribution in [1.82, 2.24) is 29.5 Å². The number of aromatic nitrogens is 4. The molecule has 11 nitrogen and oxygen atoms in total. The highest BCUT2D eigenvalue weighted by molar-refractivity contribution is 5.96. The lowest BCUT2D eigenvalue weighted by molar-refractivity contribution is -0.389. The quantitative estimate of drug-likeness (QED) is 0.216. The van der Waals surface area contributed by atoms with E-state index in [1.165, 1.54) is 12.3 Å². The van der Waals surface area contributed by atoms with Gasteiger partial charge in [-0.2, -0.15) is 5.10 Å². The molecule has 1 aliphatic heterocycles. The van der Waals surface area contributed by atoms with Gasteiger partial charge in [-0.1, -0.05) is 12.1 Å². The second-order valence-corrected chi connectivity index (χ2v) is 9.07. The van der Waals surface area contributed by atoms with Crippen LogP contribution in [0.25, 0.3) is 22.2 Å². The Balaban J connectivity index is 1.27. The SMILES string of the molecule is CN1CCN(C(=O)Cn2cc3cc(CC(=O)c4cccc(-c5ccc([N+](=O)[O-])nc5)n4)ccc3n2)CC1. The first-order chi connectivity index (χ1) is 17.9. The van der Waals surface area contributed by atoms with Gasteiger partial charge in [-0.3, -0.25) is 14.3 Å². The van der Waals surface area contributed by atoms with E-state index in [1.807, 2.05) is 36.3 Å². The van der Waals surface area contributed by atoms with Crippen molar-refractivity contribution in [3.05, 3.63) is 82.3 Å². The molecule has 0 unspecified atom stereocenters. The molecule has 1 fully saturated rings. The summed E-state index contributed by atoms with van der Waals surface area (Å²) in [5, 5.41) is 16.2. The molecule has 4 heterocycles. The summed E-state index contributed by atoms with van der Waals surface area (Å²) in [6, 6.07) is 13.6. The second-order valence-electron chi connectivity index (χ2n) is 9.07. The van der Waals surface area contributed by atoms with Gasteiger partial charge in [0.15, 0.2) is 5.78 Å². The number of pyridine rings is 2. The Hall–Kier alpha value is -4.51. The highest BCUT2D eigenvalue weighted by atomic mass is 16.6. The predicted octanol–water partition coefficient (Wildman–Crippen LogP) is 2.60. The van der Waals surface area contributed by atoms with Crippen LogP contribution in [0, 0.1) is 10.1 Å². The molecule has 0 spiro atoms. The van der Waals surface area contributed by atoms with E-state index >= 15 is 0 Å². The van der Waals surface area contributed by atoms with Crippen LogP contribution in [0.1, 0.15) is 16.1 Å². The fraction of sp³-hybridized carbons (Fsp3) is 0.269. The third-order valence-corrected chi connectivity index (χ3v) is 6.40. The number of rotatable bonds is 7. The summed E-state index contributed by atoms with van der Waals surface area (Å²) >= 11 is 0. The van der Waals surface area contributed by atoms with Gasteiger partial charge >= 0.3 is 5.82 Å². The number of ketones is 1. The molecule has 5 rings (SSSR count). The molecule has 188 valence electrons. The molecule has 37 heavy (non-hydrogen) atoms. The first-order valence-corrected chi connectivity index (χ1v) is 11.9. The number of piperazine rings is 1. The number of nitro groups is 1. The monoisotopic (exact) mass is 499 g/mol. The van der Waals surface area contributed by atoms with E-state index in [9.17, 15) is 19.7 Å². The van der Waals surface area contributed by atoms with Gasteiger partial charge in [0.25, 0.3) is 0 Å². The number of benzene rings is 1. The first-order valence-electron chi connectivity index (χ1n) is 11.9. The van der Waals surface area contributed by atoms with Crippen LogP contribution < -0.4 is 0 Å². The Labute approximate surface area is 212 Å². The van der Waals surface area contributed by atoms with E-state index in [-0.39, 0.29) is 30.5 Å². The van der Waals surface area contributed by atoms with E-state index < -0.39 is 4.92 Å². The Kier molecular flexibility index (Phi) is 6.69. The van der Waals surface area contributed by atoms with Crippen molar-refractivity contribution in [3.8, 4) is 11.3 Å². The molecular weight excluding hydrogens is 474 g/mol. The van der Waals surface area contributed by atoms with Crippen molar-refractivity contribution < 1.29 is 14.5 Å². The smallest absolute Gasteiger partial charge is 0.358 e. The molecule has 0 saturated carbocycles. The van der Waals surface area contributed by atoms with Gasteiger partial charge in [-0.25, -0.2) is 4.98 Å². The minimum atomic E-state index is -0.566. The molecule has 4 aromatic rings. The fourth-order valence-electron chi connectivity index (χ4n) is 4.28. The summed E-state index contributed by atoms with van der Waals surface area (Å²) in [7, 11) is 2.05. The topological polar surface area (TPSA) is 127 Å². The largest absolute Gasteiger partial charge is 0.363 e. The Bertz CT molecular complexity index is 1470. The molecule has 1 amide bonds. The van der Waals surface area contributed by atoms with Crippen molar-refractivity contribution in [3.63, 3.8) is 0 Å². The molecule has 1 aliphatic rings. The number of hydrogen-bond donors (Lipinski definition) is 0. The minimum absolute atomic E-state index is 0.0467. The maximum atomic E-state index is 13.0. The van der Waals surface area contributed by atoms with Crippen molar-refractivity contribution >= 4 is 28.4 Å². The predicted molar refractivity (Wildman–Crippen MR) is 136 cm³/mol.